The third kappa shape index (κ3) is 5.44. The number of nitro benzene ring substituents is 1. The van der Waals surface area contributed by atoms with Gasteiger partial charge in [0.1, 0.15) is 12.4 Å². The molecule has 0 spiro atoms. The molecule has 4 rings (SSSR count). The summed E-state index contributed by atoms with van der Waals surface area (Å²) in [6, 6.07) is 17.5. The second-order valence-corrected chi connectivity index (χ2v) is 8.82. The highest BCUT2D eigenvalue weighted by molar-refractivity contribution is 9.10. The molecule has 9 nitrogen and oxygen atoms in total. The summed E-state index contributed by atoms with van der Waals surface area (Å²) >= 11 is 3.38. The van der Waals surface area contributed by atoms with Gasteiger partial charge in [-0.25, -0.2) is 4.98 Å². The number of hydrogen-bond acceptors (Lipinski definition) is 7. The molecule has 3 aromatic carbocycles. The first kappa shape index (κ1) is 25.1. The van der Waals surface area contributed by atoms with Crippen LogP contribution in [0.25, 0.3) is 10.9 Å². The van der Waals surface area contributed by atoms with Gasteiger partial charge in [-0.3, -0.25) is 14.9 Å². The number of hydrogen-bond donors (Lipinski definition) is 0. The van der Waals surface area contributed by atoms with E-state index < -0.39 is 4.92 Å². The van der Waals surface area contributed by atoms with Crippen molar-refractivity contribution in [3.05, 3.63) is 103 Å². The van der Waals surface area contributed by atoms with Crippen LogP contribution < -0.4 is 15.0 Å². The molecule has 0 atom stereocenters. The van der Waals surface area contributed by atoms with Crippen LogP contribution in [-0.4, -0.2) is 27.9 Å². The van der Waals surface area contributed by atoms with Crippen molar-refractivity contribution < 1.29 is 14.4 Å². The highest BCUT2D eigenvalue weighted by Gasteiger charge is 2.22. The Kier molecular flexibility index (Phi) is 7.74. The van der Waals surface area contributed by atoms with Crippen LogP contribution >= 0.6 is 15.9 Å². The van der Waals surface area contributed by atoms with Crippen molar-refractivity contribution in [3.63, 3.8) is 0 Å². The number of rotatable bonds is 9. The van der Waals surface area contributed by atoms with Gasteiger partial charge in [0.15, 0.2) is 5.75 Å². The maximum atomic E-state index is 13.2. The van der Waals surface area contributed by atoms with E-state index in [0.717, 1.165) is 16.5 Å². The van der Waals surface area contributed by atoms with Gasteiger partial charge in [-0.15, -0.1) is 0 Å². The van der Waals surface area contributed by atoms with E-state index in [4.69, 9.17) is 9.47 Å². The largest absolute Gasteiger partial charge is 0.493 e. The first-order chi connectivity index (χ1) is 17.4. The van der Waals surface area contributed by atoms with E-state index in [9.17, 15) is 14.9 Å². The van der Waals surface area contributed by atoms with Crippen molar-refractivity contribution in [2.24, 2.45) is 5.10 Å². The molecule has 184 valence electrons. The summed E-state index contributed by atoms with van der Waals surface area (Å²) < 4.78 is 13.2. The fourth-order valence-corrected chi connectivity index (χ4v) is 4.03. The molecule has 10 heteroatoms. The van der Waals surface area contributed by atoms with E-state index in [1.807, 2.05) is 43.3 Å². The number of nitro groups is 1. The smallest absolute Gasteiger partial charge is 0.315 e. The molecule has 0 amide bonds. The van der Waals surface area contributed by atoms with E-state index in [1.165, 1.54) is 24.1 Å². The van der Waals surface area contributed by atoms with Crippen LogP contribution in [0.4, 0.5) is 5.69 Å². The van der Waals surface area contributed by atoms with Gasteiger partial charge in [-0.2, -0.15) is 9.78 Å². The fraction of sp³-hybridized carbons (Fsp3) is 0.192. The average molecular weight is 551 g/mol. The lowest BCUT2D eigenvalue weighted by molar-refractivity contribution is -0.386. The highest BCUT2D eigenvalue weighted by atomic mass is 79.9. The van der Waals surface area contributed by atoms with Crippen molar-refractivity contribution in [2.75, 3.05) is 7.11 Å². The quantitative estimate of drug-likeness (QED) is 0.155. The predicted octanol–water partition coefficient (Wildman–Crippen LogP) is 5.49. The molecule has 0 aliphatic rings. The maximum absolute atomic E-state index is 13.2. The van der Waals surface area contributed by atoms with Crippen molar-refractivity contribution in [2.45, 2.75) is 26.4 Å². The van der Waals surface area contributed by atoms with Crippen molar-refractivity contribution in [1.82, 2.24) is 9.66 Å². The zero-order valence-electron chi connectivity index (χ0n) is 19.7. The molecule has 4 aromatic rings. The molecule has 0 radical (unpaired) electrons. The van der Waals surface area contributed by atoms with Gasteiger partial charge in [0.25, 0.3) is 5.56 Å². The zero-order chi connectivity index (χ0) is 25.7. The molecule has 0 unspecified atom stereocenters. The molecule has 0 aliphatic carbocycles. The van der Waals surface area contributed by atoms with Crippen LogP contribution in [0.15, 0.2) is 75.0 Å². The number of fused-ring (bicyclic) bond motifs is 1. The lowest BCUT2D eigenvalue weighted by Crippen LogP contribution is -2.22. The summed E-state index contributed by atoms with van der Waals surface area (Å²) in [6.45, 7) is 2.12. The Morgan fingerprint density at radius 1 is 1.17 bits per heavy atom. The Morgan fingerprint density at radius 2 is 1.94 bits per heavy atom. The number of ether oxygens (including phenoxy) is 2. The Bertz CT molecular complexity index is 1500. The summed E-state index contributed by atoms with van der Waals surface area (Å²) in [5, 5.41) is 16.6. The molecule has 1 heterocycles. The molecule has 0 bridgehead atoms. The lowest BCUT2D eigenvalue weighted by atomic mass is 10.1. The SMILES string of the molecule is CCCc1nc2ccc(Br)cc2c(=O)n1N=Cc1cc(OC)c(OCc2ccccc2)c([N+](=O)[O-])c1. The van der Waals surface area contributed by atoms with Gasteiger partial charge in [0.2, 0.25) is 5.75 Å². The second-order valence-electron chi connectivity index (χ2n) is 7.90. The summed E-state index contributed by atoms with van der Waals surface area (Å²) in [6.07, 6.45) is 2.67. The predicted molar refractivity (Wildman–Crippen MR) is 141 cm³/mol. The highest BCUT2D eigenvalue weighted by Crippen LogP contribution is 2.38. The van der Waals surface area contributed by atoms with E-state index in [0.29, 0.717) is 28.7 Å². The van der Waals surface area contributed by atoms with Gasteiger partial charge in [-0.1, -0.05) is 53.2 Å². The molecule has 0 fully saturated rings. The number of methoxy groups -OCH3 is 1. The Labute approximate surface area is 215 Å². The summed E-state index contributed by atoms with van der Waals surface area (Å²) in [5.41, 5.74) is 1.21. The monoisotopic (exact) mass is 550 g/mol. The van der Waals surface area contributed by atoms with E-state index in [1.54, 1.807) is 18.2 Å². The van der Waals surface area contributed by atoms with Gasteiger partial charge in [0, 0.05) is 22.5 Å². The number of aryl methyl sites for hydroxylation is 1. The third-order valence-electron chi connectivity index (χ3n) is 5.37. The molecular formula is C26H23BrN4O5. The number of halogens is 1. The minimum Gasteiger partial charge on any atom is -0.493 e. The third-order valence-corrected chi connectivity index (χ3v) is 5.86. The molecule has 0 saturated heterocycles. The van der Waals surface area contributed by atoms with Crippen molar-refractivity contribution in [3.8, 4) is 11.5 Å². The molecule has 0 aliphatic heterocycles. The normalized spacial score (nSPS) is 11.2. The van der Waals surface area contributed by atoms with E-state index >= 15 is 0 Å². The van der Waals surface area contributed by atoms with Crippen molar-refractivity contribution >= 4 is 38.7 Å². The number of aromatic nitrogens is 2. The van der Waals surface area contributed by atoms with Gasteiger partial charge < -0.3 is 9.47 Å². The number of nitrogens with zero attached hydrogens (tertiary/aromatic N) is 4. The minimum absolute atomic E-state index is 0.0181. The van der Waals surface area contributed by atoms with Crippen LogP contribution in [0.2, 0.25) is 0 Å². The Balaban J connectivity index is 1.75. The summed E-state index contributed by atoms with van der Waals surface area (Å²) in [7, 11) is 1.41. The van der Waals surface area contributed by atoms with Crippen LogP contribution in [0, 0.1) is 10.1 Å². The molecule has 0 N–H and O–H groups in total. The lowest BCUT2D eigenvalue weighted by Gasteiger charge is -2.12. The summed E-state index contributed by atoms with van der Waals surface area (Å²) in [5.74, 6) is 0.700. The van der Waals surface area contributed by atoms with Gasteiger partial charge in [0.05, 0.1) is 29.2 Å². The van der Waals surface area contributed by atoms with Crippen molar-refractivity contribution in [1.29, 1.82) is 0 Å². The van der Waals surface area contributed by atoms with Gasteiger partial charge >= 0.3 is 5.69 Å². The van der Waals surface area contributed by atoms with Crippen LogP contribution in [0.3, 0.4) is 0 Å². The zero-order valence-corrected chi connectivity index (χ0v) is 21.3. The molecule has 1 aromatic heterocycles. The van der Waals surface area contributed by atoms with E-state index in [-0.39, 0.29) is 29.4 Å². The Hall–Kier alpha value is -4.05. The standard InChI is InChI=1S/C26H23BrN4O5/c1-3-7-24-29-21-11-10-19(27)14-20(21)26(32)30(24)28-15-18-12-22(31(33)34)25(23(13-18)35-2)36-16-17-8-5-4-6-9-17/h4-6,8-15H,3,7,16H2,1-2H3. The number of benzene rings is 3. The van der Waals surface area contributed by atoms with Crippen LogP contribution in [0.1, 0.15) is 30.3 Å². The van der Waals surface area contributed by atoms with Gasteiger partial charge in [-0.05, 0) is 36.2 Å². The fourth-order valence-electron chi connectivity index (χ4n) is 3.67. The molecule has 0 saturated carbocycles. The molecule has 36 heavy (non-hydrogen) atoms. The average Bonchev–Trinajstić information content (AvgIpc) is 2.88. The maximum Gasteiger partial charge on any atom is 0.315 e. The minimum atomic E-state index is -0.538. The van der Waals surface area contributed by atoms with E-state index in [2.05, 4.69) is 26.0 Å². The van der Waals surface area contributed by atoms with Crippen LogP contribution in [0.5, 0.6) is 11.5 Å². The Morgan fingerprint density at radius 3 is 2.64 bits per heavy atom. The topological polar surface area (TPSA) is 109 Å². The second kappa shape index (κ2) is 11.1. The van der Waals surface area contributed by atoms with Crippen LogP contribution in [-0.2, 0) is 13.0 Å². The molecular weight excluding hydrogens is 528 g/mol. The first-order valence-corrected chi connectivity index (χ1v) is 12.0. The summed E-state index contributed by atoms with van der Waals surface area (Å²) in [4.78, 5) is 29.1. The first-order valence-electron chi connectivity index (χ1n) is 11.2.